The van der Waals surface area contributed by atoms with E-state index in [1.807, 2.05) is 37.3 Å². The summed E-state index contributed by atoms with van der Waals surface area (Å²) in [5.74, 6) is -0.741. The fourth-order valence-electron chi connectivity index (χ4n) is 2.81. The van der Waals surface area contributed by atoms with E-state index < -0.39 is 5.91 Å². The lowest BCUT2D eigenvalue weighted by atomic mass is 9.97. The van der Waals surface area contributed by atoms with Crippen molar-refractivity contribution in [1.29, 1.82) is 0 Å². The summed E-state index contributed by atoms with van der Waals surface area (Å²) in [6.45, 7) is 3.62. The third-order valence-electron chi connectivity index (χ3n) is 4.03. The fraction of sp³-hybridized carbons (Fsp3) is 0.500. The average Bonchev–Trinajstić information content (AvgIpc) is 2.53. The SMILES string of the molecule is CC(C(=O)N(CC(N)=O)C1CCNCC1)c1ccccc1. The van der Waals surface area contributed by atoms with Crippen molar-refractivity contribution in [2.75, 3.05) is 19.6 Å². The zero-order chi connectivity index (χ0) is 15.2. The Balaban J connectivity index is 2.15. The molecule has 1 aliphatic rings. The predicted molar refractivity (Wildman–Crippen MR) is 81.7 cm³/mol. The molecule has 5 nitrogen and oxygen atoms in total. The number of hydrogen-bond donors (Lipinski definition) is 2. The second-order valence-corrected chi connectivity index (χ2v) is 5.55. The Morgan fingerprint density at radius 1 is 1.29 bits per heavy atom. The quantitative estimate of drug-likeness (QED) is 0.844. The lowest BCUT2D eigenvalue weighted by molar-refractivity contribution is -0.139. The third-order valence-corrected chi connectivity index (χ3v) is 4.03. The number of carbonyl (C=O) groups excluding carboxylic acids is 2. The lowest BCUT2D eigenvalue weighted by Gasteiger charge is -2.35. The van der Waals surface area contributed by atoms with Gasteiger partial charge in [-0.2, -0.15) is 0 Å². The van der Waals surface area contributed by atoms with Gasteiger partial charge in [0.2, 0.25) is 11.8 Å². The highest BCUT2D eigenvalue weighted by molar-refractivity contribution is 5.88. The van der Waals surface area contributed by atoms with Gasteiger partial charge in [-0.25, -0.2) is 0 Å². The van der Waals surface area contributed by atoms with Crippen molar-refractivity contribution in [2.45, 2.75) is 31.7 Å². The molecule has 1 aromatic carbocycles. The molecule has 1 fully saturated rings. The summed E-state index contributed by atoms with van der Waals surface area (Å²) in [5.41, 5.74) is 6.29. The Morgan fingerprint density at radius 2 is 1.90 bits per heavy atom. The van der Waals surface area contributed by atoms with E-state index in [-0.39, 0.29) is 24.4 Å². The van der Waals surface area contributed by atoms with Crippen molar-refractivity contribution in [3.8, 4) is 0 Å². The maximum absolute atomic E-state index is 12.8. The highest BCUT2D eigenvalue weighted by Gasteiger charge is 2.30. The van der Waals surface area contributed by atoms with E-state index in [2.05, 4.69) is 5.32 Å². The summed E-state index contributed by atoms with van der Waals surface area (Å²) in [7, 11) is 0. The van der Waals surface area contributed by atoms with Gasteiger partial charge in [0, 0.05) is 6.04 Å². The molecule has 21 heavy (non-hydrogen) atoms. The number of amides is 2. The number of piperidine rings is 1. The molecule has 0 saturated carbocycles. The fourth-order valence-corrected chi connectivity index (χ4v) is 2.81. The van der Waals surface area contributed by atoms with E-state index in [9.17, 15) is 9.59 Å². The number of rotatable bonds is 5. The number of primary amides is 1. The molecule has 114 valence electrons. The smallest absolute Gasteiger partial charge is 0.237 e. The van der Waals surface area contributed by atoms with Crippen LogP contribution in [0.25, 0.3) is 0 Å². The van der Waals surface area contributed by atoms with Gasteiger partial charge in [-0.1, -0.05) is 30.3 Å². The molecule has 0 aliphatic carbocycles. The maximum atomic E-state index is 12.8. The largest absolute Gasteiger partial charge is 0.368 e. The first kappa shape index (κ1) is 15.5. The molecule has 2 rings (SSSR count). The van der Waals surface area contributed by atoms with Gasteiger partial charge in [0.1, 0.15) is 0 Å². The van der Waals surface area contributed by atoms with Crippen LogP contribution in [0.3, 0.4) is 0 Å². The van der Waals surface area contributed by atoms with E-state index in [1.54, 1.807) is 4.90 Å². The molecular formula is C16H23N3O2. The van der Waals surface area contributed by atoms with Gasteiger partial charge in [0.25, 0.3) is 0 Å². The summed E-state index contributed by atoms with van der Waals surface area (Å²) in [5, 5.41) is 3.27. The lowest BCUT2D eigenvalue weighted by Crippen LogP contribution is -2.50. The summed E-state index contributed by atoms with van der Waals surface area (Å²) in [4.78, 5) is 25.8. The average molecular weight is 289 g/mol. The first-order valence-corrected chi connectivity index (χ1v) is 7.44. The van der Waals surface area contributed by atoms with Crippen LogP contribution in [-0.4, -0.2) is 42.4 Å². The monoisotopic (exact) mass is 289 g/mol. The van der Waals surface area contributed by atoms with E-state index in [1.165, 1.54) is 0 Å². The second kappa shape index (κ2) is 7.22. The van der Waals surface area contributed by atoms with Gasteiger partial charge in [0.15, 0.2) is 0 Å². The molecule has 1 atom stereocenters. The molecule has 1 aromatic rings. The Kier molecular flexibility index (Phi) is 5.33. The Hall–Kier alpha value is -1.88. The van der Waals surface area contributed by atoms with Crippen LogP contribution in [0.15, 0.2) is 30.3 Å². The van der Waals surface area contributed by atoms with Crippen LogP contribution in [0.1, 0.15) is 31.2 Å². The van der Waals surface area contributed by atoms with Gasteiger partial charge < -0.3 is 16.0 Å². The van der Waals surface area contributed by atoms with E-state index in [0.29, 0.717) is 0 Å². The maximum Gasteiger partial charge on any atom is 0.237 e. The van der Waals surface area contributed by atoms with Crippen molar-refractivity contribution >= 4 is 11.8 Å². The Morgan fingerprint density at radius 3 is 2.48 bits per heavy atom. The molecule has 1 unspecified atom stereocenters. The molecule has 0 aromatic heterocycles. The highest BCUT2D eigenvalue weighted by Crippen LogP contribution is 2.21. The number of nitrogens with one attached hydrogen (secondary N) is 1. The first-order chi connectivity index (χ1) is 10.1. The number of benzene rings is 1. The minimum Gasteiger partial charge on any atom is -0.368 e. The van der Waals surface area contributed by atoms with Gasteiger partial charge in [-0.15, -0.1) is 0 Å². The van der Waals surface area contributed by atoms with Crippen LogP contribution < -0.4 is 11.1 Å². The van der Waals surface area contributed by atoms with Gasteiger partial charge in [-0.3, -0.25) is 9.59 Å². The molecule has 2 amide bonds. The van der Waals surface area contributed by atoms with E-state index in [0.717, 1.165) is 31.5 Å². The number of carbonyl (C=O) groups is 2. The van der Waals surface area contributed by atoms with Crippen LogP contribution in [0, 0.1) is 0 Å². The van der Waals surface area contributed by atoms with E-state index >= 15 is 0 Å². The topological polar surface area (TPSA) is 75.4 Å². The predicted octanol–water partition coefficient (Wildman–Crippen LogP) is 0.856. The minimum absolute atomic E-state index is 0.000668. The summed E-state index contributed by atoms with van der Waals surface area (Å²) < 4.78 is 0. The van der Waals surface area contributed by atoms with Crippen LogP contribution in [0.4, 0.5) is 0 Å². The van der Waals surface area contributed by atoms with Crippen molar-refractivity contribution < 1.29 is 9.59 Å². The van der Waals surface area contributed by atoms with Crippen LogP contribution in [0.5, 0.6) is 0 Å². The number of nitrogens with zero attached hydrogens (tertiary/aromatic N) is 1. The van der Waals surface area contributed by atoms with Crippen molar-refractivity contribution in [1.82, 2.24) is 10.2 Å². The molecule has 0 spiro atoms. The second-order valence-electron chi connectivity index (χ2n) is 5.55. The molecule has 5 heteroatoms. The summed E-state index contributed by atoms with van der Waals surface area (Å²) in [6, 6.07) is 9.73. The first-order valence-electron chi connectivity index (χ1n) is 7.44. The summed E-state index contributed by atoms with van der Waals surface area (Å²) in [6.07, 6.45) is 1.72. The Labute approximate surface area is 125 Å². The van der Waals surface area contributed by atoms with Crippen molar-refractivity contribution in [2.24, 2.45) is 5.73 Å². The van der Waals surface area contributed by atoms with E-state index in [4.69, 9.17) is 5.73 Å². The minimum atomic E-state index is -0.456. The number of hydrogen-bond acceptors (Lipinski definition) is 3. The highest BCUT2D eigenvalue weighted by atomic mass is 16.2. The van der Waals surface area contributed by atoms with Gasteiger partial charge >= 0.3 is 0 Å². The molecule has 1 heterocycles. The molecular weight excluding hydrogens is 266 g/mol. The molecule has 3 N–H and O–H groups in total. The van der Waals surface area contributed by atoms with Gasteiger partial charge in [-0.05, 0) is 38.4 Å². The molecule has 1 saturated heterocycles. The van der Waals surface area contributed by atoms with Crippen LogP contribution >= 0.6 is 0 Å². The molecule has 0 radical (unpaired) electrons. The Bertz CT molecular complexity index is 484. The number of nitrogens with two attached hydrogens (primary N) is 1. The normalized spacial score (nSPS) is 17.2. The van der Waals surface area contributed by atoms with Crippen LogP contribution in [0.2, 0.25) is 0 Å². The third kappa shape index (κ3) is 4.04. The zero-order valence-electron chi connectivity index (χ0n) is 12.4. The summed E-state index contributed by atoms with van der Waals surface area (Å²) >= 11 is 0. The molecule has 0 bridgehead atoms. The van der Waals surface area contributed by atoms with Crippen molar-refractivity contribution in [3.05, 3.63) is 35.9 Å². The standard InChI is InChI=1S/C16H23N3O2/c1-12(13-5-3-2-4-6-13)16(21)19(11-15(17)20)14-7-9-18-10-8-14/h2-6,12,14,18H,7-11H2,1H3,(H2,17,20). The van der Waals surface area contributed by atoms with Crippen LogP contribution in [-0.2, 0) is 9.59 Å². The zero-order valence-corrected chi connectivity index (χ0v) is 12.4. The molecule has 1 aliphatic heterocycles. The van der Waals surface area contributed by atoms with Crippen molar-refractivity contribution in [3.63, 3.8) is 0 Å². The van der Waals surface area contributed by atoms with Gasteiger partial charge in [0.05, 0.1) is 12.5 Å².